The standard InChI is InChI=1S/C24H28N4O3S2/c1-32-17-10-25-22(26-11-17)7-14-2-3-15(6-14)8-23-27-18-5-4-16(9-21(18)33-23)24(31)28-12-19(29)20(30)13-28/h4-5,9-11,14-15,19-20,29-30H,2-3,6-8,12-13H2,1H3/t14-,15-,19-,20+/m0/s1. The monoisotopic (exact) mass is 484 g/mol. The number of thioether (sulfide) groups is 1. The van der Waals surface area contributed by atoms with Gasteiger partial charge in [-0.15, -0.1) is 23.1 Å². The molecule has 1 saturated carbocycles. The highest BCUT2D eigenvalue weighted by Crippen LogP contribution is 2.36. The molecule has 4 atom stereocenters. The lowest BCUT2D eigenvalue weighted by molar-refractivity contribution is 0.0572. The number of aliphatic hydroxyl groups is 2. The minimum absolute atomic E-state index is 0.158. The van der Waals surface area contributed by atoms with Crippen LogP contribution in [0, 0.1) is 11.8 Å². The van der Waals surface area contributed by atoms with Crippen LogP contribution >= 0.6 is 23.1 Å². The summed E-state index contributed by atoms with van der Waals surface area (Å²) in [5.41, 5.74) is 1.50. The average Bonchev–Trinajstić information content (AvgIpc) is 3.52. The molecule has 0 bridgehead atoms. The second kappa shape index (κ2) is 9.66. The molecule has 1 aromatic carbocycles. The van der Waals surface area contributed by atoms with Crippen LogP contribution in [0.1, 0.15) is 40.5 Å². The molecule has 3 heterocycles. The number of rotatable bonds is 6. The van der Waals surface area contributed by atoms with Crippen molar-refractivity contribution in [3.63, 3.8) is 0 Å². The molecule has 3 aromatic rings. The summed E-state index contributed by atoms with van der Waals surface area (Å²) >= 11 is 3.32. The maximum atomic E-state index is 12.8. The maximum Gasteiger partial charge on any atom is 0.254 e. The van der Waals surface area contributed by atoms with Crippen LogP contribution in [0.2, 0.25) is 0 Å². The van der Waals surface area contributed by atoms with Crippen molar-refractivity contribution < 1.29 is 15.0 Å². The number of thiazole rings is 1. The molecule has 7 nitrogen and oxygen atoms in total. The number of amides is 1. The van der Waals surface area contributed by atoms with Gasteiger partial charge in [0.15, 0.2) is 0 Å². The second-order valence-corrected chi connectivity index (χ2v) is 11.1. The van der Waals surface area contributed by atoms with E-state index in [1.807, 2.05) is 30.8 Å². The number of hydrogen-bond acceptors (Lipinski definition) is 8. The molecule has 2 aliphatic rings. The van der Waals surface area contributed by atoms with E-state index < -0.39 is 12.2 Å². The lowest BCUT2D eigenvalue weighted by Gasteiger charge is -2.15. The molecule has 0 spiro atoms. The Balaban J connectivity index is 1.20. The third-order valence-corrected chi connectivity index (χ3v) is 8.45. The minimum Gasteiger partial charge on any atom is -0.388 e. The second-order valence-electron chi connectivity index (χ2n) is 9.13. The molecule has 2 aromatic heterocycles. The third-order valence-electron chi connectivity index (χ3n) is 6.73. The fraction of sp³-hybridized carbons (Fsp3) is 0.500. The van der Waals surface area contributed by atoms with Gasteiger partial charge >= 0.3 is 0 Å². The molecule has 2 N–H and O–H groups in total. The van der Waals surface area contributed by atoms with Gasteiger partial charge < -0.3 is 15.1 Å². The Labute approximate surface area is 201 Å². The van der Waals surface area contributed by atoms with Crippen molar-refractivity contribution in [2.45, 2.75) is 49.2 Å². The maximum absolute atomic E-state index is 12.8. The fourth-order valence-corrected chi connectivity index (χ4v) is 6.36. The zero-order valence-corrected chi connectivity index (χ0v) is 20.2. The van der Waals surface area contributed by atoms with E-state index in [0.29, 0.717) is 17.4 Å². The van der Waals surface area contributed by atoms with Crippen LogP contribution in [0.3, 0.4) is 0 Å². The molecule has 2 fully saturated rings. The Morgan fingerprint density at radius 2 is 1.82 bits per heavy atom. The number of carbonyl (C=O) groups excluding carboxylic acids is 1. The molecule has 0 unspecified atom stereocenters. The van der Waals surface area contributed by atoms with Crippen molar-refractivity contribution in [1.82, 2.24) is 19.9 Å². The normalized spacial score (nSPS) is 25.2. The van der Waals surface area contributed by atoms with E-state index in [-0.39, 0.29) is 19.0 Å². The average molecular weight is 485 g/mol. The number of likely N-dealkylation sites (tertiary alicyclic amines) is 1. The first-order chi connectivity index (χ1) is 16.0. The minimum atomic E-state index is -0.871. The molecule has 5 rings (SSSR count). The van der Waals surface area contributed by atoms with E-state index >= 15 is 0 Å². The van der Waals surface area contributed by atoms with Gasteiger partial charge in [-0.2, -0.15) is 0 Å². The molecular weight excluding hydrogens is 456 g/mol. The van der Waals surface area contributed by atoms with Gasteiger partial charge in [0.05, 0.1) is 27.4 Å². The molecule has 1 saturated heterocycles. The van der Waals surface area contributed by atoms with E-state index in [9.17, 15) is 15.0 Å². The number of fused-ring (bicyclic) bond motifs is 1. The van der Waals surface area contributed by atoms with Gasteiger partial charge in [-0.1, -0.05) is 0 Å². The summed E-state index contributed by atoms with van der Waals surface area (Å²) in [6, 6.07) is 5.58. The SMILES string of the molecule is CSc1cnc(C[C@H]2CC[C@H](Cc3nc4ccc(C(=O)N5C[C@@H](O)[C@@H](O)C5)cc4s3)C2)nc1. The summed E-state index contributed by atoms with van der Waals surface area (Å²) in [6.07, 6.45) is 9.60. The molecule has 33 heavy (non-hydrogen) atoms. The number of aromatic nitrogens is 3. The lowest BCUT2D eigenvalue weighted by Crippen LogP contribution is -2.29. The Bertz CT molecular complexity index is 1130. The van der Waals surface area contributed by atoms with Crippen molar-refractivity contribution in [3.8, 4) is 0 Å². The molecule has 1 aliphatic carbocycles. The predicted molar refractivity (Wildman–Crippen MR) is 130 cm³/mol. The van der Waals surface area contributed by atoms with Gasteiger partial charge in [-0.25, -0.2) is 15.0 Å². The van der Waals surface area contributed by atoms with E-state index in [1.165, 1.54) is 24.2 Å². The third kappa shape index (κ3) is 5.06. The first-order valence-electron chi connectivity index (χ1n) is 11.4. The van der Waals surface area contributed by atoms with Crippen molar-refractivity contribution in [2.75, 3.05) is 19.3 Å². The van der Waals surface area contributed by atoms with Crippen molar-refractivity contribution in [2.24, 2.45) is 11.8 Å². The summed E-state index contributed by atoms with van der Waals surface area (Å²) in [5, 5.41) is 20.6. The molecule has 1 aliphatic heterocycles. The number of benzene rings is 1. The van der Waals surface area contributed by atoms with Crippen molar-refractivity contribution in [3.05, 3.63) is 47.0 Å². The zero-order valence-electron chi connectivity index (χ0n) is 18.6. The summed E-state index contributed by atoms with van der Waals surface area (Å²) < 4.78 is 1.01. The largest absolute Gasteiger partial charge is 0.388 e. The Morgan fingerprint density at radius 3 is 2.52 bits per heavy atom. The topological polar surface area (TPSA) is 99.4 Å². The van der Waals surface area contributed by atoms with Crippen LogP contribution in [-0.2, 0) is 12.8 Å². The van der Waals surface area contributed by atoms with Crippen LogP contribution in [0.4, 0.5) is 0 Å². The molecule has 174 valence electrons. The molecular formula is C24H28N4O3S2. The van der Waals surface area contributed by atoms with Gasteiger partial charge in [0.2, 0.25) is 0 Å². The quantitative estimate of drug-likeness (QED) is 0.519. The first-order valence-corrected chi connectivity index (χ1v) is 13.4. The van der Waals surface area contributed by atoms with Gasteiger partial charge in [0.1, 0.15) is 5.82 Å². The Hall–Kier alpha value is -2.07. The summed E-state index contributed by atoms with van der Waals surface area (Å²) in [6.45, 7) is 0.336. The van der Waals surface area contributed by atoms with Crippen LogP contribution < -0.4 is 0 Å². The van der Waals surface area contributed by atoms with E-state index in [1.54, 1.807) is 29.2 Å². The lowest BCUT2D eigenvalue weighted by atomic mass is 9.99. The molecule has 9 heteroatoms. The highest BCUT2D eigenvalue weighted by Gasteiger charge is 2.33. The Kier molecular flexibility index (Phi) is 6.65. The number of carbonyl (C=O) groups is 1. The molecule has 1 amide bonds. The van der Waals surface area contributed by atoms with Crippen molar-refractivity contribution in [1.29, 1.82) is 0 Å². The van der Waals surface area contributed by atoms with E-state index in [2.05, 4.69) is 9.97 Å². The van der Waals surface area contributed by atoms with Gasteiger partial charge in [0, 0.05) is 48.8 Å². The van der Waals surface area contributed by atoms with Gasteiger partial charge in [0.25, 0.3) is 5.91 Å². The summed E-state index contributed by atoms with van der Waals surface area (Å²) in [4.78, 5) is 29.2. The highest BCUT2D eigenvalue weighted by atomic mass is 32.2. The van der Waals surface area contributed by atoms with Crippen LogP contribution in [0.25, 0.3) is 10.2 Å². The summed E-state index contributed by atoms with van der Waals surface area (Å²) in [5.74, 6) is 2.03. The Morgan fingerprint density at radius 1 is 1.12 bits per heavy atom. The van der Waals surface area contributed by atoms with Gasteiger partial charge in [-0.05, 0) is 55.6 Å². The van der Waals surface area contributed by atoms with Crippen LogP contribution in [0.5, 0.6) is 0 Å². The van der Waals surface area contributed by atoms with Crippen LogP contribution in [-0.4, -0.2) is 67.5 Å². The van der Waals surface area contributed by atoms with E-state index in [0.717, 1.165) is 38.8 Å². The number of β-amino-alcohol motifs (C(OH)–C–C–N with tert-alkyl or cyclic N) is 2. The number of nitrogens with zero attached hydrogens (tertiary/aromatic N) is 4. The number of aliphatic hydroxyl groups excluding tert-OH is 2. The van der Waals surface area contributed by atoms with E-state index in [4.69, 9.17) is 4.98 Å². The smallest absolute Gasteiger partial charge is 0.254 e. The number of hydrogen-bond donors (Lipinski definition) is 2. The van der Waals surface area contributed by atoms with Crippen LogP contribution in [0.15, 0.2) is 35.5 Å². The molecule has 0 radical (unpaired) electrons. The first kappa shape index (κ1) is 22.7. The fourth-order valence-electron chi connectivity index (χ4n) is 4.92. The predicted octanol–water partition coefficient (Wildman–Crippen LogP) is 3.19. The van der Waals surface area contributed by atoms with Gasteiger partial charge in [-0.3, -0.25) is 4.79 Å². The zero-order chi connectivity index (χ0) is 22.9. The van der Waals surface area contributed by atoms with Crippen molar-refractivity contribution >= 4 is 39.2 Å². The highest BCUT2D eigenvalue weighted by molar-refractivity contribution is 7.98. The summed E-state index contributed by atoms with van der Waals surface area (Å²) in [7, 11) is 0.